The average molecular weight is 559 g/mol. The van der Waals surface area contributed by atoms with Crippen molar-refractivity contribution in [2.45, 2.75) is 25.9 Å². The van der Waals surface area contributed by atoms with Crippen LogP contribution in [-0.2, 0) is 9.84 Å². The Morgan fingerprint density at radius 1 is 1.11 bits per heavy atom. The number of anilines is 1. The molecule has 2 aliphatic rings. The van der Waals surface area contributed by atoms with Crippen molar-refractivity contribution in [3.8, 4) is 17.0 Å². The summed E-state index contributed by atoms with van der Waals surface area (Å²) in [5.74, 6) is 1.78. The first kappa shape index (κ1) is 24.4. The third-order valence-electron chi connectivity index (χ3n) is 7.25. The first-order chi connectivity index (χ1) is 17.7. The van der Waals surface area contributed by atoms with Crippen LogP contribution in [0.4, 0.5) is 5.95 Å². The van der Waals surface area contributed by atoms with Crippen molar-refractivity contribution in [1.29, 1.82) is 0 Å². The minimum atomic E-state index is -2.94. The number of hydrogen-bond acceptors (Lipinski definition) is 8. The Morgan fingerprint density at radius 2 is 1.86 bits per heavy atom. The molecular weight excluding hydrogens is 535 g/mol. The van der Waals surface area contributed by atoms with E-state index in [0.29, 0.717) is 46.0 Å². The zero-order valence-corrected chi connectivity index (χ0v) is 22.3. The summed E-state index contributed by atoms with van der Waals surface area (Å²) in [6.07, 6.45) is 7.76. The number of halogens is 2. The molecule has 0 amide bonds. The van der Waals surface area contributed by atoms with Gasteiger partial charge in [-0.1, -0.05) is 23.2 Å². The summed E-state index contributed by atoms with van der Waals surface area (Å²) in [7, 11) is -2.94. The lowest BCUT2D eigenvalue weighted by atomic mass is 9.87. The van der Waals surface area contributed by atoms with Gasteiger partial charge >= 0.3 is 0 Å². The van der Waals surface area contributed by atoms with Crippen LogP contribution in [0.2, 0.25) is 10.0 Å². The highest BCUT2D eigenvalue weighted by Gasteiger charge is 2.47. The van der Waals surface area contributed by atoms with Gasteiger partial charge in [-0.2, -0.15) is 5.10 Å². The Hall–Kier alpha value is -2.95. The van der Waals surface area contributed by atoms with Crippen molar-refractivity contribution in [1.82, 2.24) is 25.1 Å². The lowest BCUT2D eigenvalue weighted by molar-refractivity contribution is 0.227. The molecule has 0 bridgehead atoms. The van der Waals surface area contributed by atoms with Crippen molar-refractivity contribution >= 4 is 49.9 Å². The second kappa shape index (κ2) is 9.11. The molecule has 3 aromatic heterocycles. The van der Waals surface area contributed by atoms with Gasteiger partial charge in [0.25, 0.3) is 0 Å². The monoisotopic (exact) mass is 558 g/mol. The van der Waals surface area contributed by atoms with Crippen molar-refractivity contribution in [2.24, 2.45) is 5.41 Å². The number of aromatic amines is 1. The van der Waals surface area contributed by atoms with Crippen LogP contribution in [0.5, 0.6) is 5.75 Å². The molecule has 2 fully saturated rings. The van der Waals surface area contributed by atoms with E-state index in [1.54, 1.807) is 24.8 Å². The second-order valence-corrected chi connectivity index (χ2v) is 12.8. The Kier molecular flexibility index (Phi) is 6.00. The predicted octanol–water partition coefficient (Wildman–Crippen LogP) is 4.88. The maximum Gasteiger partial charge on any atom is 0.225 e. The van der Waals surface area contributed by atoms with Gasteiger partial charge in [0.1, 0.15) is 17.5 Å². The molecule has 5 heterocycles. The lowest BCUT2D eigenvalue weighted by Gasteiger charge is -2.22. The highest BCUT2D eigenvalue weighted by molar-refractivity contribution is 7.91. The number of ether oxygens (including phenoxy) is 1. The average Bonchev–Trinajstić information content (AvgIpc) is 3.55. The van der Waals surface area contributed by atoms with E-state index in [0.717, 1.165) is 29.4 Å². The number of aromatic nitrogens is 5. The van der Waals surface area contributed by atoms with Crippen LogP contribution in [0, 0.1) is 5.41 Å². The minimum Gasteiger partial charge on any atom is -0.486 e. The van der Waals surface area contributed by atoms with Gasteiger partial charge in [-0.15, -0.1) is 0 Å². The van der Waals surface area contributed by atoms with Gasteiger partial charge in [-0.05, 0) is 38.0 Å². The number of nitrogens with one attached hydrogen (secondary N) is 1. The third-order valence-corrected chi connectivity index (χ3v) is 9.73. The lowest BCUT2D eigenvalue weighted by Crippen LogP contribution is -2.29. The van der Waals surface area contributed by atoms with Crippen molar-refractivity contribution < 1.29 is 13.2 Å². The molecule has 1 aromatic carbocycles. The topological polar surface area (TPSA) is 114 Å². The van der Waals surface area contributed by atoms with Crippen LogP contribution < -0.4 is 9.64 Å². The fraction of sp³-hybridized carbons (Fsp3) is 0.360. The predicted molar refractivity (Wildman–Crippen MR) is 143 cm³/mol. The number of sulfone groups is 1. The summed E-state index contributed by atoms with van der Waals surface area (Å²) in [4.78, 5) is 15.3. The van der Waals surface area contributed by atoms with E-state index in [9.17, 15) is 8.42 Å². The maximum atomic E-state index is 12.0. The first-order valence-corrected chi connectivity index (χ1v) is 14.5. The number of pyridine rings is 1. The van der Waals surface area contributed by atoms with E-state index < -0.39 is 15.9 Å². The van der Waals surface area contributed by atoms with E-state index in [1.165, 1.54) is 0 Å². The van der Waals surface area contributed by atoms with Crippen LogP contribution in [0.1, 0.15) is 31.4 Å². The van der Waals surface area contributed by atoms with Crippen LogP contribution in [0.25, 0.3) is 22.2 Å². The zero-order chi connectivity index (χ0) is 25.8. The Morgan fingerprint density at radius 3 is 2.57 bits per heavy atom. The van der Waals surface area contributed by atoms with Crippen LogP contribution in [0.3, 0.4) is 0 Å². The number of fused-ring (bicyclic) bond motifs is 1. The molecule has 1 spiro atoms. The molecule has 12 heteroatoms. The van der Waals surface area contributed by atoms with Gasteiger partial charge in [0.15, 0.2) is 9.84 Å². The molecule has 9 nitrogen and oxygen atoms in total. The Labute approximate surface area is 224 Å². The summed E-state index contributed by atoms with van der Waals surface area (Å²) in [6.45, 7) is 3.30. The van der Waals surface area contributed by atoms with Gasteiger partial charge in [-0.25, -0.2) is 18.4 Å². The van der Waals surface area contributed by atoms with Gasteiger partial charge < -0.3 is 9.64 Å². The van der Waals surface area contributed by atoms with Crippen molar-refractivity contribution in [3.63, 3.8) is 0 Å². The fourth-order valence-electron chi connectivity index (χ4n) is 5.38. The van der Waals surface area contributed by atoms with Crippen molar-refractivity contribution in [3.05, 3.63) is 58.6 Å². The van der Waals surface area contributed by atoms with Gasteiger partial charge in [0.2, 0.25) is 5.95 Å². The van der Waals surface area contributed by atoms with Crippen LogP contribution in [-0.4, -0.2) is 58.2 Å². The summed E-state index contributed by atoms with van der Waals surface area (Å²) >= 11 is 12.6. The van der Waals surface area contributed by atoms with E-state index in [1.807, 2.05) is 25.1 Å². The van der Waals surface area contributed by atoms with E-state index in [4.69, 9.17) is 27.9 Å². The SMILES string of the molecule is C[C@@H](Oc1ccc2[nH]nc(-c3cnc(N4CCC5(CCS(=O)(=O)C5)C4)nc3)c2c1)c1c(Cl)cncc1Cl. The molecule has 0 saturated carbocycles. The number of H-pyrrole nitrogens is 1. The third kappa shape index (κ3) is 4.62. The van der Waals surface area contributed by atoms with Gasteiger partial charge in [0, 0.05) is 59.8 Å². The standard InChI is InChI=1S/C25H24Cl2N6O3S/c1-15(22-19(26)11-28-12-20(22)27)36-17-2-3-21-18(8-17)23(32-31-21)16-9-29-24(30-10-16)33-6-4-25(13-33)5-7-37(34,35)14-25/h2-3,8-12,15H,4-7,13-14H2,1H3,(H,31,32)/t15-,25?/m1/s1. The van der Waals surface area contributed by atoms with Crippen LogP contribution >= 0.6 is 23.2 Å². The maximum absolute atomic E-state index is 12.0. The van der Waals surface area contributed by atoms with E-state index in [2.05, 4.69) is 30.0 Å². The number of nitrogens with zero attached hydrogens (tertiary/aromatic N) is 5. The molecule has 0 radical (unpaired) electrons. The number of rotatable bonds is 5. The molecule has 192 valence electrons. The van der Waals surface area contributed by atoms with Crippen molar-refractivity contribution in [2.75, 3.05) is 29.5 Å². The first-order valence-electron chi connectivity index (χ1n) is 11.9. The van der Waals surface area contributed by atoms with Crippen LogP contribution in [0.15, 0.2) is 43.0 Å². The fourth-order valence-corrected chi connectivity index (χ4v) is 8.25. The molecule has 2 atom stereocenters. The molecule has 2 saturated heterocycles. The summed E-state index contributed by atoms with van der Waals surface area (Å²) in [5.41, 5.74) is 2.83. The minimum absolute atomic E-state index is 0.169. The summed E-state index contributed by atoms with van der Waals surface area (Å²) < 4.78 is 30.2. The molecule has 6 rings (SSSR count). The zero-order valence-electron chi connectivity index (χ0n) is 20.0. The number of benzene rings is 1. The Balaban J connectivity index is 1.22. The molecular formula is C25H24Cl2N6O3S. The summed E-state index contributed by atoms with van der Waals surface area (Å²) in [5, 5.41) is 9.29. The number of hydrogen-bond donors (Lipinski definition) is 1. The Bertz CT molecular complexity index is 1570. The largest absolute Gasteiger partial charge is 0.486 e. The molecule has 1 unspecified atom stereocenters. The van der Waals surface area contributed by atoms with Gasteiger partial charge in [-0.3, -0.25) is 10.1 Å². The molecule has 2 aliphatic heterocycles. The van der Waals surface area contributed by atoms with Gasteiger partial charge in [0.05, 0.1) is 27.1 Å². The smallest absolute Gasteiger partial charge is 0.225 e. The van der Waals surface area contributed by atoms with E-state index >= 15 is 0 Å². The molecule has 0 aliphatic carbocycles. The molecule has 37 heavy (non-hydrogen) atoms. The quantitative estimate of drug-likeness (QED) is 0.368. The van der Waals surface area contributed by atoms with E-state index in [-0.39, 0.29) is 16.9 Å². The highest BCUT2D eigenvalue weighted by Crippen LogP contribution is 2.42. The normalized spacial score (nSPS) is 21.6. The highest BCUT2D eigenvalue weighted by atomic mass is 35.5. The molecule has 4 aromatic rings. The summed E-state index contributed by atoms with van der Waals surface area (Å²) in [6, 6.07) is 5.67. The molecule has 1 N–H and O–H groups in total. The second-order valence-electron chi connectivity index (χ2n) is 9.84.